The van der Waals surface area contributed by atoms with Gasteiger partial charge in [0.05, 0.1) is 6.61 Å². The summed E-state index contributed by atoms with van der Waals surface area (Å²) >= 11 is 0. The van der Waals surface area contributed by atoms with Crippen LogP contribution in [0.2, 0.25) is 0 Å². The second-order valence-electron chi connectivity index (χ2n) is 3.80. The molecule has 1 amide bonds. The number of carbonyl (C=O) groups excluding carboxylic acids is 2. The number of nitrogens with zero attached hydrogens (tertiary/aromatic N) is 2. The van der Waals surface area contributed by atoms with E-state index in [1.165, 1.54) is 0 Å². The van der Waals surface area contributed by atoms with Crippen LogP contribution in [0.1, 0.15) is 19.3 Å². The SMILES string of the molecule is [N-]=[N+]=CC(=O)CC[C@H](NC(=O)[C@H]1CCO1)C(=O)O. The summed E-state index contributed by atoms with van der Waals surface area (Å²) in [7, 11) is 0. The zero-order valence-corrected chi connectivity index (χ0v) is 9.54. The quantitative estimate of drug-likeness (QED) is 0.342. The van der Waals surface area contributed by atoms with Gasteiger partial charge in [-0.1, -0.05) is 0 Å². The molecule has 2 N–H and O–H groups in total. The van der Waals surface area contributed by atoms with Crippen LogP contribution < -0.4 is 5.32 Å². The molecule has 0 bridgehead atoms. The number of aliphatic carboxylic acids is 1. The number of hydrogen-bond acceptors (Lipinski definition) is 4. The van der Waals surface area contributed by atoms with E-state index in [0.717, 1.165) is 0 Å². The van der Waals surface area contributed by atoms with Gasteiger partial charge in [-0.2, -0.15) is 4.79 Å². The van der Waals surface area contributed by atoms with Crippen LogP contribution >= 0.6 is 0 Å². The first-order chi connectivity index (χ1) is 8.54. The van der Waals surface area contributed by atoms with E-state index in [4.69, 9.17) is 15.4 Å². The Balaban J connectivity index is 2.44. The van der Waals surface area contributed by atoms with Crippen molar-refractivity contribution < 1.29 is 29.0 Å². The molecule has 0 spiro atoms. The normalized spacial score (nSPS) is 19.0. The highest BCUT2D eigenvalue weighted by molar-refractivity contribution is 6.25. The molecule has 8 heteroatoms. The molecule has 1 heterocycles. The third kappa shape index (κ3) is 4.08. The summed E-state index contributed by atoms with van der Waals surface area (Å²) < 4.78 is 4.91. The average Bonchev–Trinajstić information content (AvgIpc) is 2.21. The van der Waals surface area contributed by atoms with Gasteiger partial charge in [0, 0.05) is 12.8 Å². The van der Waals surface area contributed by atoms with Crippen molar-refractivity contribution in [3.8, 4) is 0 Å². The van der Waals surface area contributed by atoms with Crippen molar-refractivity contribution >= 4 is 23.9 Å². The third-order valence-electron chi connectivity index (χ3n) is 2.49. The van der Waals surface area contributed by atoms with Crippen LogP contribution in [0.15, 0.2) is 0 Å². The van der Waals surface area contributed by atoms with Crippen molar-refractivity contribution in [3.05, 3.63) is 5.53 Å². The number of carboxylic acids is 1. The molecular weight excluding hydrogens is 242 g/mol. The highest BCUT2D eigenvalue weighted by atomic mass is 16.5. The highest BCUT2D eigenvalue weighted by Gasteiger charge is 2.30. The van der Waals surface area contributed by atoms with Gasteiger partial charge in [0.25, 0.3) is 0 Å². The number of hydrogen-bond donors (Lipinski definition) is 2. The molecule has 0 aromatic rings. The van der Waals surface area contributed by atoms with Gasteiger partial charge in [-0.05, 0) is 6.42 Å². The topological polar surface area (TPSA) is 129 Å². The van der Waals surface area contributed by atoms with Crippen molar-refractivity contribution in [3.63, 3.8) is 0 Å². The summed E-state index contributed by atoms with van der Waals surface area (Å²) in [4.78, 5) is 35.9. The van der Waals surface area contributed by atoms with Crippen molar-refractivity contribution in [2.45, 2.75) is 31.4 Å². The van der Waals surface area contributed by atoms with Gasteiger partial charge in [0.2, 0.25) is 11.7 Å². The Morgan fingerprint density at radius 3 is 2.67 bits per heavy atom. The van der Waals surface area contributed by atoms with Gasteiger partial charge in [0.1, 0.15) is 12.1 Å². The Kier molecular flexibility index (Phi) is 5.16. The maximum Gasteiger partial charge on any atom is 0.326 e. The number of carbonyl (C=O) groups is 3. The molecule has 1 saturated heterocycles. The van der Waals surface area contributed by atoms with Crippen molar-refractivity contribution in [2.75, 3.05) is 6.61 Å². The largest absolute Gasteiger partial charge is 0.480 e. The monoisotopic (exact) mass is 255 g/mol. The summed E-state index contributed by atoms with van der Waals surface area (Å²) in [5, 5.41) is 11.2. The molecule has 0 aliphatic carbocycles. The molecule has 0 unspecified atom stereocenters. The van der Waals surface area contributed by atoms with Gasteiger partial charge < -0.3 is 20.7 Å². The summed E-state index contributed by atoms with van der Waals surface area (Å²) in [5.41, 5.74) is 8.11. The number of nitrogens with one attached hydrogen (secondary N) is 1. The molecule has 0 radical (unpaired) electrons. The molecule has 18 heavy (non-hydrogen) atoms. The molecule has 1 aliphatic heterocycles. The summed E-state index contributed by atoms with van der Waals surface area (Å²) in [5.74, 6) is -2.23. The van der Waals surface area contributed by atoms with Gasteiger partial charge >= 0.3 is 12.2 Å². The van der Waals surface area contributed by atoms with E-state index in [9.17, 15) is 14.4 Å². The lowest BCUT2D eigenvalue weighted by Crippen LogP contribution is -2.49. The van der Waals surface area contributed by atoms with Crippen molar-refractivity contribution in [1.29, 1.82) is 0 Å². The van der Waals surface area contributed by atoms with Crippen LogP contribution in [0, 0.1) is 0 Å². The molecule has 2 atom stereocenters. The molecule has 98 valence electrons. The van der Waals surface area contributed by atoms with Crippen LogP contribution in [-0.4, -0.2) is 52.5 Å². The van der Waals surface area contributed by atoms with E-state index in [2.05, 4.69) is 10.1 Å². The molecular formula is C10H13N3O5. The Hall–Kier alpha value is -2.05. The highest BCUT2D eigenvalue weighted by Crippen LogP contribution is 2.11. The Morgan fingerprint density at radius 1 is 1.56 bits per heavy atom. The zero-order valence-electron chi connectivity index (χ0n) is 9.54. The van der Waals surface area contributed by atoms with E-state index in [1.807, 2.05) is 0 Å². The standard InChI is InChI=1S/C10H13N3O5/c11-12-5-6(14)1-2-7(10(16)17)13-9(15)8-3-4-18-8/h5,7-8H,1-4H2,(H,13,15)(H,16,17)/t7-,8+/m0/s1. The molecule has 0 aromatic heterocycles. The third-order valence-corrected chi connectivity index (χ3v) is 2.49. The first-order valence-corrected chi connectivity index (χ1v) is 5.39. The fourth-order valence-corrected chi connectivity index (χ4v) is 1.38. The predicted octanol–water partition coefficient (Wildman–Crippen LogP) is -1.01. The Morgan fingerprint density at radius 2 is 2.22 bits per heavy atom. The van der Waals surface area contributed by atoms with Gasteiger partial charge in [-0.3, -0.25) is 9.59 Å². The number of ether oxygens (including phenoxy) is 1. The fraction of sp³-hybridized carbons (Fsp3) is 0.600. The summed E-state index contributed by atoms with van der Waals surface area (Å²) in [6.07, 6.45) is 0.455. The predicted molar refractivity (Wildman–Crippen MR) is 57.8 cm³/mol. The maximum atomic E-state index is 11.5. The van der Waals surface area contributed by atoms with Crippen molar-refractivity contribution in [2.24, 2.45) is 0 Å². The molecule has 8 nitrogen and oxygen atoms in total. The van der Waals surface area contributed by atoms with E-state index in [-0.39, 0.29) is 12.8 Å². The van der Waals surface area contributed by atoms with Crippen LogP contribution in [0.5, 0.6) is 0 Å². The summed E-state index contributed by atoms with van der Waals surface area (Å²) in [6.45, 7) is 0.487. The lowest BCUT2D eigenvalue weighted by Gasteiger charge is -2.26. The first kappa shape index (κ1) is 14.0. The molecule has 1 fully saturated rings. The second-order valence-corrected chi connectivity index (χ2v) is 3.80. The lowest BCUT2D eigenvalue weighted by atomic mass is 10.1. The Labute approximate surface area is 103 Å². The number of amides is 1. The molecule has 1 rings (SSSR count). The van der Waals surface area contributed by atoms with Gasteiger partial charge in [-0.25, -0.2) is 4.79 Å². The second kappa shape index (κ2) is 6.63. The smallest absolute Gasteiger partial charge is 0.326 e. The van der Waals surface area contributed by atoms with Crippen molar-refractivity contribution in [1.82, 2.24) is 5.32 Å². The van der Waals surface area contributed by atoms with E-state index < -0.39 is 29.8 Å². The van der Waals surface area contributed by atoms with Crippen LogP contribution in [0.4, 0.5) is 0 Å². The molecule has 0 saturated carbocycles. The van der Waals surface area contributed by atoms with E-state index in [0.29, 0.717) is 19.2 Å². The average molecular weight is 255 g/mol. The number of Topliss-reactive ketones (excluding diaryl/α,β-unsaturated/α-hetero) is 1. The first-order valence-electron chi connectivity index (χ1n) is 5.39. The zero-order chi connectivity index (χ0) is 13.5. The number of carboxylic acid groups (broad SMARTS) is 1. The molecule has 1 aliphatic rings. The number of ketones is 1. The Bertz CT molecular complexity index is 398. The maximum absolute atomic E-state index is 11.5. The molecule has 0 aromatic carbocycles. The number of rotatable bonds is 7. The van der Waals surface area contributed by atoms with E-state index in [1.54, 1.807) is 0 Å². The van der Waals surface area contributed by atoms with Gasteiger partial charge in [-0.15, -0.1) is 0 Å². The summed E-state index contributed by atoms with van der Waals surface area (Å²) in [6, 6.07) is -1.15. The van der Waals surface area contributed by atoms with E-state index >= 15 is 0 Å². The van der Waals surface area contributed by atoms with Gasteiger partial charge in [0.15, 0.2) is 0 Å². The van der Waals surface area contributed by atoms with Crippen LogP contribution in [-0.2, 0) is 19.1 Å². The minimum absolute atomic E-state index is 0.0708. The van der Waals surface area contributed by atoms with Crippen LogP contribution in [0.3, 0.4) is 0 Å². The fourth-order valence-electron chi connectivity index (χ4n) is 1.38. The minimum atomic E-state index is -1.23. The lowest BCUT2D eigenvalue weighted by molar-refractivity contribution is -0.150. The van der Waals surface area contributed by atoms with Crippen LogP contribution in [0.25, 0.3) is 5.53 Å². The minimum Gasteiger partial charge on any atom is -0.480 e.